The molecule has 0 spiro atoms. The molecule has 4 nitrogen and oxygen atoms in total. The average molecular weight is 302 g/mol. The van der Waals surface area contributed by atoms with Crippen LogP contribution in [0.5, 0.6) is 5.75 Å². The van der Waals surface area contributed by atoms with Gasteiger partial charge < -0.3 is 15.2 Å². The van der Waals surface area contributed by atoms with Crippen LogP contribution >= 0.6 is 15.9 Å². The fraction of sp³-hybridized carbons (Fsp3) is 0.417. The summed E-state index contributed by atoms with van der Waals surface area (Å²) >= 11 is 3.35. The van der Waals surface area contributed by atoms with Crippen molar-refractivity contribution in [3.8, 4) is 5.75 Å². The number of carbonyl (C=O) groups is 1. The summed E-state index contributed by atoms with van der Waals surface area (Å²) in [7, 11) is 0. The Bertz CT molecular complexity index is 393. The fourth-order valence-corrected chi connectivity index (χ4v) is 1.69. The van der Waals surface area contributed by atoms with Crippen LogP contribution in [0.15, 0.2) is 22.7 Å². The van der Waals surface area contributed by atoms with Crippen molar-refractivity contribution in [2.45, 2.75) is 19.9 Å². The van der Waals surface area contributed by atoms with Gasteiger partial charge in [-0.3, -0.25) is 0 Å². The van der Waals surface area contributed by atoms with Crippen LogP contribution in [0.4, 0.5) is 0 Å². The maximum absolute atomic E-state index is 11.2. The quantitative estimate of drug-likeness (QED) is 0.849. The largest absolute Gasteiger partial charge is 0.482 e. The van der Waals surface area contributed by atoms with Crippen LogP contribution < -0.4 is 10.5 Å². The van der Waals surface area contributed by atoms with E-state index in [1.807, 2.05) is 19.1 Å². The smallest absolute Gasteiger partial charge is 0.344 e. The maximum atomic E-state index is 11.2. The third-order valence-electron chi connectivity index (χ3n) is 2.12. The lowest BCUT2D eigenvalue weighted by molar-refractivity contribution is -0.145. The predicted molar refractivity (Wildman–Crippen MR) is 68.9 cm³/mol. The third kappa shape index (κ3) is 4.36. The number of benzene rings is 1. The number of ether oxygens (including phenoxy) is 2. The first-order valence-corrected chi connectivity index (χ1v) is 6.17. The van der Waals surface area contributed by atoms with E-state index in [1.165, 1.54) is 0 Å². The second-order valence-electron chi connectivity index (χ2n) is 3.56. The molecule has 0 bridgehead atoms. The zero-order valence-corrected chi connectivity index (χ0v) is 11.5. The second-order valence-corrected chi connectivity index (χ2v) is 4.48. The molecule has 0 amide bonds. The molecule has 2 N–H and O–H groups in total. The van der Waals surface area contributed by atoms with Gasteiger partial charge in [-0.2, -0.15) is 0 Å². The van der Waals surface area contributed by atoms with Crippen molar-refractivity contribution in [2.75, 3.05) is 13.2 Å². The summed E-state index contributed by atoms with van der Waals surface area (Å²) < 4.78 is 11.1. The second kappa shape index (κ2) is 6.61. The predicted octanol–water partition coefficient (Wildman–Crippen LogP) is 2.41. The van der Waals surface area contributed by atoms with Crippen molar-refractivity contribution in [1.29, 1.82) is 0 Å². The van der Waals surface area contributed by atoms with E-state index in [-0.39, 0.29) is 18.6 Å². The van der Waals surface area contributed by atoms with Gasteiger partial charge in [0.2, 0.25) is 0 Å². The fourth-order valence-electron chi connectivity index (χ4n) is 1.35. The minimum Gasteiger partial charge on any atom is -0.482 e. The van der Waals surface area contributed by atoms with Crippen molar-refractivity contribution < 1.29 is 14.3 Å². The average Bonchev–Trinajstić information content (AvgIpc) is 2.26. The van der Waals surface area contributed by atoms with Gasteiger partial charge in [0.15, 0.2) is 6.61 Å². The minimum absolute atomic E-state index is 0.107. The number of hydrogen-bond donors (Lipinski definition) is 1. The molecule has 0 radical (unpaired) electrons. The van der Waals surface area contributed by atoms with E-state index in [1.54, 1.807) is 13.0 Å². The normalized spacial score (nSPS) is 12.0. The minimum atomic E-state index is -0.386. The van der Waals surface area contributed by atoms with Crippen molar-refractivity contribution in [1.82, 2.24) is 0 Å². The lowest BCUT2D eigenvalue weighted by Gasteiger charge is -2.13. The molecule has 0 aromatic heterocycles. The molecule has 1 rings (SSSR count). The molecule has 1 atom stereocenters. The Morgan fingerprint density at radius 1 is 1.53 bits per heavy atom. The Morgan fingerprint density at radius 3 is 2.82 bits per heavy atom. The lowest BCUT2D eigenvalue weighted by Crippen LogP contribution is -2.16. The highest BCUT2D eigenvalue weighted by atomic mass is 79.9. The van der Waals surface area contributed by atoms with Crippen LogP contribution in [0.3, 0.4) is 0 Å². The van der Waals surface area contributed by atoms with E-state index in [0.717, 1.165) is 10.0 Å². The Balaban J connectivity index is 2.75. The first-order valence-electron chi connectivity index (χ1n) is 5.38. The molecule has 94 valence electrons. The molecule has 1 unspecified atom stereocenters. The highest BCUT2D eigenvalue weighted by Gasteiger charge is 2.10. The van der Waals surface area contributed by atoms with Crippen LogP contribution in [0.2, 0.25) is 0 Å². The molecule has 0 aliphatic rings. The van der Waals surface area contributed by atoms with Gasteiger partial charge in [-0.15, -0.1) is 0 Å². The monoisotopic (exact) mass is 301 g/mol. The van der Waals surface area contributed by atoms with Crippen LogP contribution in [0, 0.1) is 0 Å². The molecular formula is C12H16BrNO3. The molecule has 0 fully saturated rings. The Labute approximate surface area is 109 Å². The summed E-state index contributed by atoms with van der Waals surface area (Å²) in [6.07, 6.45) is 0. The molecule has 0 saturated carbocycles. The van der Waals surface area contributed by atoms with Crippen LogP contribution in [-0.4, -0.2) is 19.2 Å². The van der Waals surface area contributed by atoms with Gasteiger partial charge in [-0.25, -0.2) is 4.79 Å². The summed E-state index contributed by atoms with van der Waals surface area (Å²) in [5.41, 5.74) is 6.68. The Kier molecular flexibility index (Phi) is 5.44. The van der Waals surface area contributed by atoms with Crippen molar-refractivity contribution in [3.05, 3.63) is 28.2 Å². The highest BCUT2D eigenvalue weighted by Crippen LogP contribution is 2.27. The van der Waals surface area contributed by atoms with Gasteiger partial charge in [0, 0.05) is 16.1 Å². The standard InChI is InChI=1S/C12H16BrNO3/c1-3-16-12(15)7-17-11-6-9(13)4-5-10(11)8(2)14/h4-6,8H,3,7,14H2,1-2H3. The number of hydrogen-bond acceptors (Lipinski definition) is 4. The molecular weight excluding hydrogens is 286 g/mol. The molecule has 0 saturated heterocycles. The van der Waals surface area contributed by atoms with Gasteiger partial charge in [0.1, 0.15) is 5.75 Å². The number of halogens is 1. The number of carbonyl (C=O) groups excluding carboxylic acids is 1. The Hall–Kier alpha value is -1.07. The van der Waals surface area contributed by atoms with E-state index in [2.05, 4.69) is 15.9 Å². The van der Waals surface area contributed by atoms with E-state index >= 15 is 0 Å². The van der Waals surface area contributed by atoms with E-state index in [9.17, 15) is 4.79 Å². The number of esters is 1. The number of rotatable bonds is 5. The molecule has 1 aromatic carbocycles. The van der Waals surface area contributed by atoms with Crippen molar-refractivity contribution >= 4 is 21.9 Å². The van der Waals surface area contributed by atoms with Gasteiger partial charge >= 0.3 is 5.97 Å². The summed E-state index contributed by atoms with van der Waals surface area (Å²) in [5, 5.41) is 0. The van der Waals surface area contributed by atoms with Gasteiger partial charge in [0.05, 0.1) is 6.61 Å². The van der Waals surface area contributed by atoms with Crippen molar-refractivity contribution in [2.24, 2.45) is 5.73 Å². The maximum Gasteiger partial charge on any atom is 0.344 e. The van der Waals surface area contributed by atoms with Crippen molar-refractivity contribution in [3.63, 3.8) is 0 Å². The molecule has 17 heavy (non-hydrogen) atoms. The van der Waals surface area contributed by atoms with Gasteiger partial charge in [0.25, 0.3) is 0 Å². The first kappa shape index (κ1) is 14.0. The van der Waals surface area contributed by atoms with Gasteiger partial charge in [-0.1, -0.05) is 22.0 Å². The summed E-state index contributed by atoms with van der Waals surface area (Å²) in [5.74, 6) is 0.213. The van der Waals surface area contributed by atoms with E-state index in [4.69, 9.17) is 15.2 Å². The zero-order chi connectivity index (χ0) is 12.8. The van der Waals surface area contributed by atoms with Crippen LogP contribution in [0.25, 0.3) is 0 Å². The van der Waals surface area contributed by atoms with Crippen LogP contribution in [0.1, 0.15) is 25.5 Å². The number of nitrogens with two attached hydrogens (primary N) is 1. The molecule has 1 aromatic rings. The zero-order valence-electron chi connectivity index (χ0n) is 9.90. The van der Waals surface area contributed by atoms with E-state index in [0.29, 0.717) is 12.4 Å². The lowest BCUT2D eigenvalue weighted by atomic mass is 10.1. The Morgan fingerprint density at radius 2 is 2.24 bits per heavy atom. The SMILES string of the molecule is CCOC(=O)COc1cc(Br)ccc1C(C)N. The third-order valence-corrected chi connectivity index (χ3v) is 2.61. The van der Waals surface area contributed by atoms with E-state index < -0.39 is 0 Å². The van der Waals surface area contributed by atoms with Gasteiger partial charge in [-0.05, 0) is 26.0 Å². The summed E-state index contributed by atoms with van der Waals surface area (Å²) in [6, 6.07) is 5.39. The highest BCUT2D eigenvalue weighted by molar-refractivity contribution is 9.10. The molecule has 0 heterocycles. The molecule has 0 aliphatic carbocycles. The first-order chi connectivity index (χ1) is 8.04. The molecule has 5 heteroatoms. The van der Waals surface area contributed by atoms with Crippen LogP contribution in [-0.2, 0) is 9.53 Å². The topological polar surface area (TPSA) is 61.5 Å². The molecule has 0 aliphatic heterocycles. The summed E-state index contributed by atoms with van der Waals surface area (Å²) in [6.45, 7) is 3.86. The summed E-state index contributed by atoms with van der Waals surface area (Å²) in [4.78, 5) is 11.2.